The molecule has 0 unspecified atom stereocenters. The monoisotopic (exact) mass is 437 g/mol. The van der Waals surface area contributed by atoms with E-state index in [0.717, 1.165) is 16.3 Å². The molecule has 0 saturated heterocycles. The van der Waals surface area contributed by atoms with Gasteiger partial charge in [0, 0.05) is 5.41 Å². The summed E-state index contributed by atoms with van der Waals surface area (Å²) in [6.07, 6.45) is 0. The fourth-order valence-corrected chi connectivity index (χ4v) is 5.67. The van der Waals surface area contributed by atoms with Crippen molar-refractivity contribution < 1.29 is 0 Å². The van der Waals surface area contributed by atoms with Crippen molar-refractivity contribution in [2.45, 2.75) is 40.0 Å². The Balaban J connectivity index is 1.70. The van der Waals surface area contributed by atoms with Crippen LogP contribution in [0.5, 0.6) is 0 Å². The summed E-state index contributed by atoms with van der Waals surface area (Å²) >= 11 is 7.01. The number of aryl methyl sites for hydroxylation is 3. The van der Waals surface area contributed by atoms with Crippen LogP contribution in [0.2, 0.25) is 5.02 Å². The largest absolute Gasteiger partial charge is 0.308 e. The minimum Gasteiger partial charge on any atom is -0.308 e. The van der Waals surface area contributed by atoms with Gasteiger partial charge in [-0.15, -0.1) is 0 Å². The zero-order valence-corrected chi connectivity index (χ0v) is 20.1. The second-order valence-electron chi connectivity index (χ2n) is 9.43. The molecule has 0 saturated carbocycles. The highest BCUT2D eigenvalue weighted by atomic mass is 35.5. The normalized spacial score (nSPS) is 14.1. The minimum absolute atomic E-state index is 0.0772. The maximum Gasteiger partial charge on any atom is 0.0652 e. The van der Waals surface area contributed by atoms with Gasteiger partial charge in [-0.2, -0.15) is 0 Å². The maximum atomic E-state index is 7.01. The first-order valence-electron chi connectivity index (χ1n) is 11.2. The van der Waals surface area contributed by atoms with Gasteiger partial charge >= 0.3 is 0 Å². The Hall–Kier alpha value is -3.03. The van der Waals surface area contributed by atoms with Crippen LogP contribution in [0.1, 0.15) is 41.7 Å². The lowest BCUT2D eigenvalue weighted by Crippen LogP contribution is -2.30. The van der Waals surface area contributed by atoms with Gasteiger partial charge in [-0.1, -0.05) is 85.6 Å². The summed E-state index contributed by atoms with van der Waals surface area (Å²) in [5, 5.41) is 0.756. The Morgan fingerprint density at radius 3 is 1.72 bits per heavy atom. The zero-order valence-electron chi connectivity index (χ0n) is 19.3. The Bertz CT molecular complexity index is 1280. The molecule has 5 rings (SSSR count). The molecular formula is C30H28ClN. The summed E-state index contributed by atoms with van der Waals surface area (Å²) in [6, 6.07) is 28.3. The van der Waals surface area contributed by atoms with Crippen LogP contribution in [0.15, 0.2) is 78.9 Å². The lowest BCUT2D eigenvalue weighted by Gasteiger charge is -2.42. The van der Waals surface area contributed by atoms with E-state index in [9.17, 15) is 0 Å². The van der Waals surface area contributed by atoms with E-state index in [-0.39, 0.29) is 5.41 Å². The number of nitrogens with zero attached hydrogens (tertiary/aromatic N) is 1. The van der Waals surface area contributed by atoms with Gasteiger partial charge in [-0.25, -0.2) is 0 Å². The van der Waals surface area contributed by atoms with Crippen LogP contribution in [-0.4, -0.2) is 0 Å². The van der Waals surface area contributed by atoms with Crippen molar-refractivity contribution in [2.75, 3.05) is 4.90 Å². The molecule has 32 heavy (non-hydrogen) atoms. The number of anilines is 3. The molecule has 1 aliphatic heterocycles. The van der Waals surface area contributed by atoms with Gasteiger partial charge in [0.05, 0.1) is 22.1 Å². The highest BCUT2D eigenvalue weighted by Crippen LogP contribution is 2.53. The SMILES string of the molecule is Cc1cc(C)c(-c2ccc(N3c4ccccc4C(C)(C)c4ccccc43)c(Cl)c2)c(C)c1. The fraction of sp³-hybridized carbons (Fsp3) is 0.200. The summed E-state index contributed by atoms with van der Waals surface area (Å²) in [4.78, 5) is 2.32. The summed E-state index contributed by atoms with van der Waals surface area (Å²) in [5.74, 6) is 0. The van der Waals surface area contributed by atoms with Crippen LogP contribution in [0, 0.1) is 20.8 Å². The van der Waals surface area contributed by atoms with E-state index in [4.69, 9.17) is 11.6 Å². The highest BCUT2D eigenvalue weighted by molar-refractivity contribution is 6.34. The van der Waals surface area contributed by atoms with E-state index >= 15 is 0 Å². The quantitative estimate of drug-likeness (QED) is 0.302. The molecule has 0 aliphatic carbocycles. The molecule has 0 radical (unpaired) electrons. The van der Waals surface area contributed by atoms with Crippen LogP contribution in [0.3, 0.4) is 0 Å². The van der Waals surface area contributed by atoms with Gasteiger partial charge in [0.15, 0.2) is 0 Å². The van der Waals surface area contributed by atoms with Crippen molar-refractivity contribution in [3.8, 4) is 11.1 Å². The van der Waals surface area contributed by atoms with Crippen LogP contribution in [0.4, 0.5) is 17.1 Å². The van der Waals surface area contributed by atoms with E-state index in [0.29, 0.717) is 0 Å². The molecule has 0 bridgehead atoms. The Kier molecular flexibility index (Phi) is 4.91. The third-order valence-electron chi connectivity index (χ3n) is 6.79. The number of hydrogen-bond acceptors (Lipinski definition) is 1. The summed E-state index contributed by atoms with van der Waals surface area (Å²) < 4.78 is 0. The van der Waals surface area contributed by atoms with Crippen molar-refractivity contribution in [3.05, 3.63) is 112 Å². The van der Waals surface area contributed by atoms with E-state index in [1.165, 1.54) is 44.8 Å². The molecule has 4 aromatic rings. The first-order chi connectivity index (χ1) is 15.3. The number of rotatable bonds is 2. The lowest BCUT2D eigenvalue weighted by molar-refractivity contribution is 0.632. The predicted octanol–water partition coefficient (Wildman–Crippen LogP) is 9.04. The van der Waals surface area contributed by atoms with Gasteiger partial charge in [0.25, 0.3) is 0 Å². The maximum absolute atomic E-state index is 7.01. The standard InChI is InChI=1S/C30H28ClN/c1-19-16-20(2)29(21(3)17-19)22-14-15-28(25(31)18-22)32-26-12-8-6-10-23(26)30(4,5)24-11-7-9-13-27(24)32/h6-18H,1-5H3. The van der Waals surface area contributed by atoms with Gasteiger partial charge in [0.2, 0.25) is 0 Å². The van der Waals surface area contributed by atoms with Crippen molar-refractivity contribution in [3.63, 3.8) is 0 Å². The van der Waals surface area contributed by atoms with E-state index in [2.05, 4.69) is 118 Å². The van der Waals surface area contributed by atoms with E-state index < -0.39 is 0 Å². The van der Waals surface area contributed by atoms with Crippen molar-refractivity contribution >= 4 is 28.7 Å². The Morgan fingerprint density at radius 2 is 1.19 bits per heavy atom. The van der Waals surface area contributed by atoms with E-state index in [1.807, 2.05) is 0 Å². The zero-order chi connectivity index (χ0) is 22.6. The third kappa shape index (κ3) is 3.15. The fourth-order valence-electron chi connectivity index (χ4n) is 5.41. The van der Waals surface area contributed by atoms with Crippen molar-refractivity contribution in [1.29, 1.82) is 0 Å². The molecule has 0 amide bonds. The van der Waals surface area contributed by atoms with Gasteiger partial charge in [-0.3, -0.25) is 0 Å². The molecular weight excluding hydrogens is 410 g/mol. The molecule has 0 N–H and O–H groups in total. The van der Waals surface area contributed by atoms with Crippen LogP contribution < -0.4 is 4.90 Å². The molecule has 0 fully saturated rings. The van der Waals surface area contributed by atoms with E-state index in [1.54, 1.807) is 0 Å². The molecule has 0 aromatic heterocycles. The van der Waals surface area contributed by atoms with Gasteiger partial charge in [0.1, 0.15) is 0 Å². The second kappa shape index (κ2) is 7.53. The molecule has 4 aromatic carbocycles. The van der Waals surface area contributed by atoms with Crippen LogP contribution in [0.25, 0.3) is 11.1 Å². The molecule has 1 heterocycles. The number of halogens is 1. The number of para-hydroxylation sites is 2. The molecule has 2 heteroatoms. The lowest BCUT2D eigenvalue weighted by atomic mass is 9.73. The number of hydrogen-bond donors (Lipinski definition) is 0. The first-order valence-corrected chi connectivity index (χ1v) is 11.5. The van der Waals surface area contributed by atoms with Crippen LogP contribution >= 0.6 is 11.6 Å². The summed E-state index contributed by atoms with van der Waals surface area (Å²) in [7, 11) is 0. The minimum atomic E-state index is -0.0772. The smallest absolute Gasteiger partial charge is 0.0652 e. The molecule has 1 nitrogen and oxygen atoms in total. The Morgan fingerprint density at radius 1 is 0.656 bits per heavy atom. The average molecular weight is 438 g/mol. The highest BCUT2D eigenvalue weighted by Gasteiger charge is 2.36. The number of fused-ring (bicyclic) bond motifs is 2. The average Bonchev–Trinajstić information content (AvgIpc) is 2.75. The Labute approximate surface area is 196 Å². The van der Waals surface area contributed by atoms with Crippen LogP contribution in [-0.2, 0) is 5.41 Å². The molecule has 0 atom stereocenters. The topological polar surface area (TPSA) is 3.24 Å². The van der Waals surface area contributed by atoms with Crippen molar-refractivity contribution in [2.24, 2.45) is 0 Å². The summed E-state index contributed by atoms with van der Waals surface area (Å²) in [6.45, 7) is 11.1. The molecule has 1 aliphatic rings. The van der Waals surface area contributed by atoms with Gasteiger partial charge in [-0.05, 0) is 78.4 Å². The summed E-state index contributed by atoms with van der Waals surface area (Å²) in [5.41, 5.74) is 12.2. The third-order valence-corrected chi connectivity index (χ3v) is 7.09. The molecule has 0 spiro atoms. The van der Waals surface area contributed by atoms with Crippen molar-refractivity contribution in [1.82, 2.24) is 0 Å². The predicted molar refractivity (Wildman–Crippen MR) is 138 cm³/mol. The van der Waals surface area contributed by atoms with Gasteiger partial charge < -0.3 is 4.90 Å². The number of benzene rings is 4. The second-order valence-corrected chi connectivity index (χ2v) is 9.84. The first kappa shape index (κ1) is 20.8. The molecule has 160 valence electrons.